The van der Waals surface area contributed by atoms with E-state index >= 15 is 0 Å². The number of nitrogens with zero attached hydrogens (tertiary/aromatic N) is 1. The van der Waals surface area contributed by atoms with Gasteiger partial charge in [-0.2, -0.15) is 0 Å². The Morgan fingerprint density at radius 3 is 2.67 bits per heavy atom. The second kappa shape index (κ2) is 5.27. The molecule has 0 aromatic heterocycles. The summed E-state index contributed by atoms with van der Waals surface area (Å²) in [7, 11) is -3.07. The zero-order chi connectivity index (χ0) is 11.5. The Kier molecular flexibility index (Phi) is 4.55. The highest BCUT2D eigenvalue weighted by atomic mass is 32.2. The van der Waals surface area contributed by atoms with Crippen LogP contribution in [0.2, 0.25) is 0 Å². The number of hydrogen-bond donors (Lipinski definition) is 1. The highest BCUT2D eigenvalue weighted by molar-refractivity contribution is 7.89. The van der Waals surface area contributed by atoms with E-state index in [-0.39, 0.29) is 5.25 Å². The molecule has 90 valence electrons. The standard InChI is InChI=1S/C10H22N2O2S/c1-4-11-7-10(3)15(13,14)12-6-5-9(2)8-12/h9-11H,4-8H2,1-3H3. The van der Waals surface area contributed by atoms with E-state index in [0.29, 0.717) is 25.6 Å². The maximum atomic E-state index is 12.1. The van der Waals surface area contributed by atoms with Crippen molar-refractivity contribution in [2.24, 2.45) is 5.92 Å². The second-order valence-electron chi connectivity index (χ2n) is 4.42. The molecule has 1 aliphatic heterocycles. The molecule has 1 heterocycles. The Morgan fingerprint density at radius 1 is 1.53 bits per heavy atom. The van der Waals surface area contributed by atoms with E-state index in [2.05, 4.69) is 12.2 Å². The molecule has 1 fully saturated rings. The number of sulfonamides is 1. The fraction of sp³-hybridized carbons (Fsp3) is 1.00. The number of nitrogens with one attached hydrogen (secondary N) is 1. The molecule has 0 aromatic carbocycles. The largest absolute Gasteiger partial charge is 0.316 e. The minimum Gasteiger partial charge on any atom is -0.316 e. The molecule has 2 unspecified atom stereocenters. The van der Waals surface area contributed by atoms with Gasteiger partial charge in [-0.15, -0.1) is 0 Å². The van der Waals surface area contributed by atoms with Crippen molar-refractivity contribution in [1.29, 1.82) is 0 Å². The lowest BCUT2D eigenvalue weighted by molar-refractivity contribution is 0.452. The van der Waals surface area contributed by atoms with E-state index in [9.17, 15) is 8.42 Å². The third-order valence-corrected chi connectivity index (χ3v) is 5.17. The van der Waals surface area contributed by atoms with Crippen LogP contribution in [0, 0.1) is 5.92 Å². The van der Waals surface area contributed by atoms with Gasteiger partial charge in [0, 0.05) is 19.6 Å². The summed E-state index contributed by atoms with van der Waals surface area (Å²) in [4.78, 5) is 0. The zero-order valence-electron chi connectivity index (χ0n) is 9.86. The molecule has 15 heavy (non-hydrogen) atoms. The van der Waals surface area contributed by atoms with Crippen molar-refractivity contribution in [1.82, 2.24) is 9.62 Å². The number of hydrogen-bond acceptors (Lipinski definition) is 3. The summed E-state index contributed by atoms with van der Waals surface area (Å²) in [6, 6.07) is 0. The molecule has 4 nitrogen and oxygen atoms in total. The summed E-state index contributed by atoms with van der Waals surface area (Å²) >= 11 is 0. The van der Waals surface area contributed by atoms with Crippen LogP contribution >= 0.6 is 0 Å². The topological polar surface area (TPSA) is 49.4 Å². The van der Waals surface area contributed by atoms with Crippen LogP contribution in [0.15, 0.2) is 0 Å². The Balaban J connectivity index is 2.57. The molecular formula is C10H22N2O2S. The van der Waals surface area contributed by atoms with Crippen molar-refractivity contribution < 1.29 is 8.42 Å². The van der Waals surface area contributed by atoms with Gasteiger partial charge in [-0.05, 0) is 25.8 Å². The van der Waals surface area contributed by atoms with E-state index in [1.807, 2.05) is 6.92 Å². The Labute approximate surface area is 93.1 Å². The van der Waals surface area contributed by atoms with E-state index in [1.165, 1.54) is 0 Å². The fourth-order valence-corrected chi connectivity index (χ4v) is 3.49. The lowest BCUT2D eigenvalue weighted by Crippen LogP contribution is -2.40. The van der Waals surface area contributed by atoms with Gasteiger partial charge in [0.1, 0.15) is 0 Å². The van der Waals surface area contributed by atoms with Crippen LogP contribution in [-0.2, 0) is 10.0 Å². The minimum absolute atomic E-state index is 0.317. The van der Waals surface area contributed by atoms with E-state index < -0.39 is 10.0 Å². The van der Waals surface area contributed by atoms with Gasteiger partial charge in [0.15, 0.2) is 0 Å². The Hall–Kier alpha value is -0.130. The summed E-state index contributed by atoms with van der Waals surface area (Å²) < 4.78 is 25.8. The van der Waals surface area contributed by atoms with Crippen LogP contribution in [0.5, 0.6) is 0 Å². The van der Waals surface area contributed by atoms with Gasteiger partial charge >= 0.3 is 0 Å². The molecule has 1 saturated heterocycles. The summed E-state index contributed by atoms with van der Waals surface area (Å²) in [5, 5.41) is 2.77. The first kappa shape index (κ1) is 12.9. The molecular weight excluding hydrogens is 212 g/mol. The maximum Gasteiger partial charge on any atom is 0.217 e. The monoisotopic (exact) mass is 234 g/mol. The quantitative estimate of drug-likeness (QED) is 0.760. The molecule has 2 atom stereocenters. The summed E-state index contributed by atoms with van der Waals surface area (Å²) in [5.41, 5.74) is 0. The molecule has 0 spiro atoms. The molecule has 1 rings (SSSR count). The van der Waals surface area contributed by atoms with Gasteiger partial charge in [-0.25, -0.2) is 12.7 Å². The SMILES string of the molecule is CCNCC(C)S(=O)(=O)N1CCC(C)C1. The van der Waals surface area contributed by atoms with Gasteiger partial charge in [-0.1, -0.05) is 13.8 Å². The second-order valence-corrected chi connectivity index (χ2v) is 6.77. The summed E-state index contributed by atoms with van der Waals surface area (Å²) in [5.74, 6) is 0.506. The molecule has 5 heteroatoms. The van der Waals surface area contributed by atoms with Crippen molar-refractivity contribution in [3.8, 4) is 0 Å². The lowest BCUT2D eigenvalue weighted by Gasteiger charge is -2.21. The molecule has 1 aliphatic rings. The van der Waals surface area contributed by atoms with E-state index in [4.69, 9.17) is 0 Å². The van der Waals surface area contributed by atoms with Gasteiger partial charge in [0.05, 0.1) is 5.25 Å². The molecule has 0 radical (unpaired) electrons. The fourth-order valence-electron chi connectivity index (χ4n) is 1.83. The summed E-state index contributed by atoms with van der Waals surface area (Å²) in [6.07, 6.45) is 0.993. The third-order valence-electron chi connectivity index (χ3n) is 2.94. The average molecular weight is 234 g/mol. The number of rotatable bonds is 5. The van der Waals surface area contributed by atoms with Crippen molar-refractivity contribution >= 4 is 10.0 Å². The lowest BCUT2D eigenvalue weighted by atomic mass is 10.2. The van der Waals surface area contributed by atoms with Crippen LogP contribution in [0.25, 0.3) is 0 Å². The summed E-state index contributed by atoms with van der Waals surface area (Å²) in [6.45, 7) is 8.61. The highest BCUT2D eigenvalue weighted by Gasteiger charge is 2.32. The van der Waals surface area contributed by atoms with Crippen LogP contribution in [0.1, 0.15) is 27.2 Å². The van der Waals surface area contributed by atoms with E-state index in [0.717, 1.165) is 13.0 Å². The van der Waals surface area contributed by atoms with Crippen LogP contribution in [0.3, 0.4) is 0 Å². The van der Waals surface area contributed by atoms with Gasteiger partial charge < -0.3 is 5.32 Å². The van der Waals surface area contributed by atoms with Gasteiger partial charge in [-0.3, -0.25) is 0 Å². The predicted molar refractivity (Wildman–Crippen MR) is 62.3 cm³/mol. The van der Waals surface area contributed by atoms with Gasteiger partial charge in [0.25, 0.3) is 0 Å². The van der Waals surface area contributed by atoms with Crippen LogP contribution in [-0.4, -0.2) is 44.2 Å². The minimum atomic E-state index is -3.07. The zero-order valence-corrected chi connectivity index (χ0v) is 10.7. The third kappa shape index (κ3) is 3.16. The molecule has 0 aliphatic carbocycles. The van der Waals surface area contributed by atoms with Crippen molar-refractivity contribution in [3.63, 3.8) is 0 Å². The molecule has 0 amide bonds. The average Bonchev–Trinajstić information content (AvgIpc) is 2.61. The first-order valence-corrected chi connectivity index (χ1v) is 7.18. The first-order valence-electron chi connectivity index (χ1n) is 5.68. The molecule has 0 bridgehead atoms. The smallest absolute Gasteiger partial charge is 0.217 e. The molecule has 0 saturated carbocycles. The van der Waals surface area contributed by atoms with Crippen molar-refractivity contribution in [2.45, 2.75) is 32.4 Å². The first-order chi connectivity index (χ1) is 6.98. The normalized spacial score (nSPS) is 25.7. The van der Waals surface area contributed by atoms with E-state index in [1.54, 1.807) is 11.2 Å². The Bertz CT molecular complexity index is 290. The van der Waals surface area contributed by atoms with Crippen molar-refractivity contribution in [3.05, 3.63) is 0 Å². The maximum absolute atomic E-state index is 12.1. The van der Waals surface area contributed by atoms with Crippen molar-refractivity contribution in [2.75, 3.05) is 26.2 Å². The van der Waals surface area contributed by atoms with Gasteiger partial charge in [0.2, 0.25) is 10.0 Å². The molecule has 1 N–H and O–H groups in total. The highest BCUT2D eigenvalue weighted by Crippen LogP contribution is 2.20. The molecule has 0 aromatic rings. The van der Waals surface area contributed by atoms with Crippen LogP contribution < -0.4 is 5.32 Å². The van der Waals surface area contributed by atoms with Crippen LogP contribution in [0.4, 0.5) is 0 Å². The Morgan fingerprint density at radius 2 is 2.20 bits per heavy atom. The predicted octanol–water partition coefficient (Wildman–Crippen LogP) is 0.656.